The first-order valence-corrected chi connectivity index (χ1v) is 11.2. The highest BCUT2D eigenvalue weighted by atomic mass is 32.2. The third kappa shape index (κ3) is 4.36. The van der Waals surface area contributed by atoms with Gasteiger partial charge in [-0.3, -0.25) is 4.79 Å². The molecule has 1 aromatic carbocycles. The van der Waals surface area contributed by atoms with Gasteiger partial charge in [0.05, 0.1) is 11.4 Å². The zero-order valence-corrected chi connectivity index (χ0v) is 17.0. The van der Waals surface area contributed by atoms with Gasteiger partial charge in [0.25, 0.3) is 0 Å². The Kier molecular flexibility index (Phi) is 5.92. The number of hydrogen-bond acceptors (Lipinski definition) is 7. The van der Waals surface area contributed by atoms with Crippen LogP contribution in [0.1, 0.15) is 43.8 Å². The number of hydrogen-bond donors (Lipinski definition) is 2. The van der Waals surface area contributed by atoms with E-state index < -0.39 is 0 Å². The van der Waals surface area contributed by atoms with Crippen LogP contribution in [0, 0.1) is 0 Å². The van der Waals surface area contributed by atoms with E-state index in [0.717, 1.165) is 29.9 Å². The summed E-state index contributed by atoms with van der Waals surface area (Å²) in [6.07, 6.45) is 5.91. The molecule has 1 aliphatic rings. The van der Waals surface area contributed by atoms with E-state index in [0.29, 0.717) is 16.2 Å². The molecule has 0 bridgehead atoms. The molecule has 0 radical (unpaired) electrons. The normalized spacial score (nSPS) is 14.9. The van der Waals surface area contributed by atoms with Crippen molar-refractivity contribution in [3.8, 4) is 11.3 Å². The number of aromatic nitrogens is 4. The Morgan fingerprint density at radius 3 is 2.79 bits per heavy atom. The fourth-order valence-electron chi connectivity index (χ4n) is 3.38. The summed E-state index contributed by atoms with van der Waals surface area (Å²) in [5.41, 5.74) is 1.88. The van der Waals surface area contributed by atoms with Crippen LogP contribution in [-0.4, -0.2) is 31.5 Å². The second-order valence-electron chi connectivity index (χ2n) is 6.79. The molecule has 0 unspecified atom stereocenters. The van der Waals surface area contributed by atoms with Crippen molar-refractivity contribution in [1.82, 2.24) is 19.9 Å². The molecule has 1 amide bonds. The number of nitrogen functional groups attached to an aromatic ring is 1. The average Bonchev–Trinajstić information content (AvgIpc) is 3.34. The number of rotatable bonds is 6. The Balaban J connectivity index is 1.33. The Morgan fingerprint density at radius 1 is 1.21 bits per heavy atom. The Morgan fingerprint density at radius 2 is 2.00 bits per heavy atom. The zero-order chi connectivity index (χ0) is 19.3. The summed E-state index contributed by atoms with van der Waals surface area (Å²) >= 11 is 2.70. The van der Waals surface area contributed by atoms with Crippen LogP contribution in [0.3, 0.4) is 0 Å². The second kappa shape index (κ2) is 8.74. The molecule has 3 N–H and O–H groups in total. The van der Waals surface area contributed by atoms with Crippen LogP contribution in [0.5, 0.6) is 0 Å². The van der Waals surface area contributed by atoms with Crippen LogP contribution in [0.25, 0.3) is 11.3 Å². The van der Waals surface area contributed by atoms with Gasteiger partial charge >= 0.3 is 0 Å². The van der Waals surface area contributed by atoms with Gasteiger partial charge in [-0.25, -0.2) is 9.66 Å². The number of thiazole rings is 1. The Bertz CT molecular complexity index is 933. The molecule has 3 aromatic rings. The highest BCUT2D eigenvalue weighted by Gasteiger charge is 2.23. The first-order chi connectivity index (χ1) is 13.7. The SMILES string of the molecule is Nn1c(SCC(=O)Nc2nc(-c3ccccc3)cs2)nnc1C1CCCCC1. The molecule has 2 heterocycles. The molecular formula is C19H22N6OS2. The molecule has 1 aliphatic carbocycles. The minimum absolute atomic E-state index is 0.138. The number of anilines is 1. The van der Waals surface area contributed by atoms with Crippen molar-refractivity contribution in [1.29, 1.82) is 0 Å². The van der Waals surface area contributed by atoms with Gasteiger partial charge in [-0.2, -0.15) is 0 Å². The number of nitrogens with one attached hydrogen (secondary N) is 1. The van der Waals surface area contributed by atoms with Crippen molar-refractivity contribution in [3.05, 3.63) is 41.5 Å². The van der Waals surface area contributed by atoms with Crippen molar-refractivity contribution in [3.63, 3.8) is 0 Å². The summed E-state index contributed by atoms with van der Waals surface area (Å²) in [7, 11) is 0. The average molecular weight is 415 g/mol. The lowest BCUT2D eigenvalue weighted by Crippen LogP contribution is -2.19. The number of carbonyl (C=O) groups excluding carboxylic acids is 1. The van der Waals surface area contributed by atoms with Gasteiger partial charge in [0.2, 0.25) is 11.1 Å². The number of amides is 1. The van der Waals surface area contributed by atoms with Crippen LogP contribution in [-0.2, 0) is 4.79 Å². The molecule has 2 aromatic heterocycles. The summed E-state index contributed by atoms with van der Waals surface area (Å²) in [4.78, 5) is 16.8. The Hall–Kier alpha value is -2.39. The molecule has 28 heavy (non-hydrogen) atoms. The highest BCUT2D eigenvalue weighted by molar-refractivity contribution is 7.99. The first kappa shape index (κ1) is 18.9. The number of nitrogens with zero attached hydrogens (tertiary/aromatic N) is 4. The maximum Gasteiger partial charge on any atom is 0.236 e. The number of thioether (sulfide) groups is 1. The van der Waals surface area contributed by atoms with E-state index in [1.54, 1.807) is 4.68 Å². The molecule has 0 aliphatic heterocycles. The lowest BCUT2D eigenvalue weighted by Gasteiger charge is -2.20. The van der Waals surface area contributed by atoms with Crippen molar-refractivity contribution >= 4 is 34.1 Å². The molecule has 0 saturated heterocycles. The van der Waals surface area contributed by atoms with E-state index in [4.69, 9.17) is 5.84 Å². The van der Waals surface area contributed by atoms with E-state index in [9.17, 15) is 4.79 Å². The first-order valence-electron chi connectivity index (χ1n) is 9.34. The molecule has 1 fully saturated rings. The predicted molar refractivity (Wildman–Crippen MR) is 113 cm³/mol. The molecule has 146 valence electrons. The van der Waals surface area contributed by atoms with Crippen LogP contribution in [0.2, 0.25) is 0 Å². The van der Waals surface area contributed by atoms with Gasteiger partial charge in [-0.05, 0) is 12.8 Å². The topological polar surface area (TPSA) is 98.7 Å². The summed E-state index contributed by atoms with van der Waals surface area (Å²) in [5.74, 6) is 7.45. The van der Waals surface area contributed by atoms with Crippen LogP contribution in [0.15, 0.2) is 40.9 Å². The number of carbonyl (C=O) groups is 1. The third-order valence-electron chi connectivity index (χ3n) is 4.81. The van der Waals surface area contributed by atoms with E-state index in [-0.39, 0.29) is 11.7 Å². The Labute approximate surface area is 171 Å². The van der Waals surface area contributed by atoms with Gasteiger partial charge in [-0.15, -0.1) is 21.5 Å². The van der Waals surface area contributed by atoms with Gasteiger partial charge in [-0.1, -0.05) is 61.4 Å². The summed E-state index contributed by atoms with van der Waals surface area (Å²) in [6, 6.07) is 9.89. The summed E-state index contributed by atoms with van der Waals surface area (Å²) in [5, 5.41) is 14.4. The third-order valence-corrected chi connectivity index (χ3v) is 6.51. The number of nitrogens with two attached hydrogens (primary N) is 1. The van der Waals surface area contributed by atoms with Gasteiger partial charge in [0, 0.05) is 16.9 Å². The van der Waals surface area contributed by atoms with Crippen molar-refractivity contribution in [2.45, 2.75) is 43.2 Å². The molecule has 4 rings (SSSR count). The standard InChI is InChI=1S/C19H22N6OS2/c20-25-17(14-9-5-2-6-10-14)23-24-19(25)28-12-16(26)22-18-21-15(11-27-18)13-7-3-1-4-8-13/h1,3-4,7-8,11,14H,2,5-6,9-10,12,20H2,(H,21,22,26). The lowest BCUT2D eigenvalue weighted by molar-refractivity contribution is -0.113. The summed E-state index contributed by atoms with van der Waals surface area (Å²) < 4.78 is 1.55. The lowest BCUT2D eigenvalue weighted by atomic mass is 9.89. The van der Waals surface area contributed by atoms with Gasteiger partial charge < -0.3 is 11.2 Å². The molecular weight excluding hydrogens is 392 g/mol. The highest BCUT2D eigenvalue weighted by Crippen LogP contribution is 2.32. The largest absolute Gasteiger partial charge is 0.336 e. The minimum atomic E-state index is -0.138. The monoisotopic (exact) mass is 414 g/mol. The van der Waals surface area contributed by atoms with E-state index in [1.165, 1.54) is 42.4 Å². The zero-order valence-electron chi connectivity index (χ0n) is 15.4. The minimum Gasteiger partial charge on any atom is -0.336 e. The van der Waals surface area contributed by atoms with E-state index in [2.05, 4.69) is 20.5 Å². The molecule has 7 nitrogen and oxygen atoms in total. The van der Waals surface area contributed by atoms with Crippen molar-refractivity contribution in [2.24, 2.45) is 0 Å². The molecule has 0 spiro atoms. The van der Waals surface area contributed by atoms with Crippen molar-refractivity contribution < 1.29 is 4.79 Å². The van der Waals surface area contributed by atoms with Crippen molar-refractivity contribution in [2.75, 3.05) is 16.9 Å². The fourth-order valence-corrected chi connectivity index (χ4v) is 4.78. The molecule has 0 atom stereocenters. The fraction of sp³-hybridized carbons (Fsp3) is 0.368. The number of benzene rings is 1. The van der Waals surface area contributed by atoms with E-state index >= 15 is 0 Å². The van der Waals surface area contributed by atoms with Crippen LogP contribution >= 0.6 is 23.1 Å². The molecule has 9 heteroatoms. The quantitative estimate of drug-likeness (QED) is 0.469. The maximum absolute atomic E-state index is 12.3. The van der Waals surface area contributed by atoms with Gasteiger partial charge in [0.15, 0.2) is 11.0 Å². The molecule has 1 saturated carbocycles. The smallest absolute Gasteiger partial charge is 0.236 e. The van der Waals surface area contributed by atoms with Crippen LogP contribution < -0.4 is 11.2 Å². The van der Waals surface area contributed by atoms with Gasteiger partial charge in [0.1, 0.15) is 0 Å². The predicted octanol–water partition coefficient (Wildman–Crippen LogP) is 3.89. The summed E-state index contributed by atoms with van der Waals surface area (Å²) in [6.45, 7) is 0. The van der Waals surface area contributed by atoms with E-state index in [1.807, 2.05) is 35.7 Å². The second-order valence-corrected chi connectivity index (χ2v) is 8.59. The van der Waals surface area contributed by atoms with Crippen LogP contribution in [0.4, 0.5) is 5.13 Å². The maximum atomic E-state index is 12.3.